The summed E-state index contributed by atoms with van der Waals surface area (Å²) in [6.07, 6.45) is 0. The van der Waals surface area contributed by atoms with E-state index in [1.807, 2.05) is 0 Å². The van der Waals surface area contributed by atoms with Crippen LogP contribution in [0.25, 0.3) is 0 Å². The summed E-state index contributed by atoms with van der Waals surface area (Å²) >= 11 is 11.9. The van der Waals surface area contributed by atoms with E-state index in [0.29, 0.717) is 27.2 Å². The first-order valence-electron chi connectivity index (χ1n) is 7.57. The number of halogens is 2. The third-order valence-corrected chi connectivity index (χ3v) is 3.98. The second kappa shape index (κ2) is 8.23. The Morgan fingerprint density at radius 2 is 1.76 bits per heavy atom. The van der Waals surface area contributed by atoms with Crippen molar-refractivity contribution in [1.29, 1.82) is 0 Å². The molecule has 0 aromatic heterocycles. The SMILES string of the molecule is COc1cc(NC(=O)c2cc(Cl)ccc2Cl)ccc1NC(=O)C(C)C. The molecular formula is C18H18Cl2N2O3. The molecule has 0 fully saturated rings. The van der Waals surface area contributed by atoms with Crippen LogP contribution in [0.3, 0.4) is 0 Å². The van der Waals surface area contributed by atoms with Crippen molar-refractivity contribution in [3.05, 3.63) is 52.0 Å². The number of anilines is 2. The number of methoxy groups -OCH3 is 1. The lowest BCUT2D eigenvalue weighted by molar-refractivity contribution is -0.118. The normalized spacial score (nSPS) is 10.5. The molecule has 2 aromatic rings. The lowest BCUT2D eigenvalue weighted by atomic mass is 10.1. The van der Waals surface area contributed by atoms with E-state index in [0.717, 1.165) is 0 Å². The van der Waals surface area contributed by atoms with Crippen LogP contribution in [0.4, 0.5) is 11.4 Å². The quantitative estimate of drug-likeness (QED) is 0.778. The maximum Gasteiger partial charge on any atom is 0.257 e. The first-order valence-corrected chi connectivity index (χ1v) is 8.32. The highest BCUT2D eigenvalue weighted by Gasteiger charge is 2.14. The van der Waals surface area contributed by atoms with Gasteiger partial charge in [-0.2, -0.15) is 0 Å². The maximum absolute atomic E-state index is 12.4. The van der Waals surface area contributed by atoms with Gasteiger partial charge in [-0.15, -0.1) is 0 Å². The van der Waals surface area contributed by atoms with Gasteiger partial charge in [-0.25, -0.2) is 0 Å². The minimum absolute atomic E-state index is 0.124. The van der Waals surface area contributed by atoms with Crippen molar-refractivity contribution >= 4 is 46.4 Å². The van der Waals surface area contributed by atoms with Crippen LogP contribution in [-0.2, 0) is 4.79 Å². The summed E-state index contributed by atoms with van der Waals surface area (Å²) < 4.78 is 5.28. The number of benzene rings is 2. The molecule has 0 aliphatic rings. The van der Waals surface area contributed by atoms with Gasteiger partial charge < -0.3 is 15.4 Å². The van der Waals surface area contributed by atoms with Gasteiger partial charge in [-0.05, 0) is 30.3 Å². The van der Waals surface area contributed by atoms with Crippen molar-refractivity contribution in [3.63, 3.8) is 0 Å². The zero-order chi connectivity index (χ0) is 18.6. The lowest BCUT2D eigenvalue weighted by Crippen LogP contribution is -2.18. The third kappa shape index (κ3) is 4.87. The topological polar surface area (TPSA) is 67.4 Å². The fourth-order valence-electron chi connectivity index (χ4n) is 2.02. The van der Waals surface area contributed by atoms with Crippen LogP contribution in [0.2, 0.25) is 10.0 Å². The van der Waals surface area contributed by atoms with E-state index in [1.54, 1.807) is 44.2 Å². The van der Waals surface area contributed by atoms with Gasteiger partial charge in [-0.3, -0.25) is 9.59 Å². The lowest BCUT2D eigenvalue weighted by Gasteiger charge is -2.14. The Labute approximate surface area is 156 Å². The number of hydrogen-bond acceptors (Lipinski definition) is 3. The van der Waals surface area contributed by atoms with Gasteiger partial charge >= 0.3 is 0 Å². The minimum atomic E-state index is -0.395. The number of ether oxygens (including phenoxy) is 1. The van der Waals surface area contributed by atoms with Gasteiger partial charge in [0.2, 0.25) is 5.91 Å². The van der Waals surface area contributed by atoms with Crippen LogP contribution >= 0.6 is 23.2 Å². The molecule has 2 rings (SSSR count). The van der Waals surface area contributed by atoms with Crippen LogP contribution in [-0.4, -0.2) is 18.9 Å². The molecule has 132 valence electrons. The molecule has 5 nitrogen and oxygen atoms in total. The third-order valence-electron chi connectivity index (χ3n) is 3.41. The molecule has 0 aliphatic heterocycles. The molecule has 0 aliphatic carbocycles. The number of carbonyl (C=O) groups excluding carboxylic acids is 2. The molecule has 2 aromatic carbocycles. The van der Waals surface area contributed by atoms with Gasteiger partial charge in [0, 0.05) is 22.7 Å². The minimum Gasteiger partial charge on any atom is -0.494 e. The molecule has 2 N–H and O–H groups in total. The summed E-state index contributed by atoms with van der Waals surface area (Å²) in [4.78, 5) is 24.2. The van der Waals surface area contributed by atoms with Crippen LogP contribution in [0, 0.1) is 5.92 Å². The summed E-state index contributed by atoms with van der Waals surface area (Å²) in [6, 6.07) is 9.60. The van der Waals surface area contributed by atoms with Crippen LogP contribution in [0.5, 0.6) is 5.75 Å². The predicted molar refractivity (Wildman–Crippen MR) is 101 cm³/mol. The highest BCUT2D eigenvalue weighted by molar-refractivity contribution is 6.36. The van der Waals surface area contributed by atoms with Crippen LogP contribution in [0.1, 0.15) is 24.2 Å². The van der Waals surface area contributed by atoms with E-state index in [9.17, 15) is 9.59 Å². The molecule has 7 heteroatoms. The number of nitrogens with one attached hydrogen (secondary N) is 2. The van der Waals surface area contributed by atoms with Crippen molar-refractivity contribution in [1.82, 2.24) is 0 Å². The zero-order valence-electron chi connectivity index (χ0n) is 14.0. The van der Waals surface area contributed by atoms with E-state index < -0.39 is 5.91 Å². The summed E-state index contributed by atoms with van der Waals surface area (Å²) in [5, 5.41) is 6.22. The molecule has 0 unspecified atom stereocenters. The second-order valence-electron chi connectivity index (χ2n) is 5.64. The van der Waals surface area contributed by atoms with Crippen molar-refractivity contribution in [3.8, 4) is 5.75 Å². The van der Waals surface area contributed by atoms with Crippen LogP contribution in [0.15, 0.2) is 36.4 Å². The van der Waals surface area contributed by atoms with Crippen molar-refractivity contribution in [2.24, 2.45) is 5.92 Å². The Morgan fingerprint density at radius 3 is 2.40 bits per heavy atom. The zero-order valence-corrected chi connectivity index (χ0v) is 15.5. The van der Waals surface area contributed by atoms with Gasteiger partial charge in [0.05, 0.1) is 23.4 Å². The fraction of sp³-hybridized carbons (Fsp3) is 0.222. The van der Waals surface area contributed by atoms with Crippen molar-refractivity contribution in [2.45, 2.75) is 13.8 Å². The Morgan fingerprint density at radius 1 is 1.04 bits per heavy atom. The van der Waals surface area contributed by atoms with E-state index in [1.165, 1.54) is 13.2 Å². The standard InChI is InChI=1S/C18H18Cl2N2O3/c1-10(2)17(23)22-15-7-5-12(9-16(15)25-3)21-18(24)13-8-11(19)4-6-14(13)20/h4-10H,1-3H3,(H,21,24)(H,22,23). The molecule has 0 atom stereocenters. The first kappa shape index (κ1) is 19.1. The highest BCUT2D eigenvalue weighted by atomic mass is 35.5. The Balaban J connectivity index is 2.21. The van der Waals surface area contributed by atoms with E-state index in [4.69, 9.17) is 27.9 Å². The first-order chi connectivity index (χ1) is 11.8. The molecule has 25 heavy (non-hydrogen) atoms. The van der Waals surface area contributed by atoms with Crippen LogP contribution < -0.4 is 15.4 Å². The largest absolute Gasteiger partial charge is 0.494 e. The van der Waals surface area contributed by atoms with Gasteiger partial charge in [0.25, 0.3) is 5.91 Å². The average Bonchev–Trinajstić information content (AvgIpc) is 2.58. The predicted octanol–water partition coefficient (Wildman–Crippen LogP) is 4.85. The summed E-state index contributed by atoms with van der Waals surface area (Å²) in [7, 11) is 1.49. The van der Waals surface area contributed by atoms with E-state index in [-0.39, 0.29) is 17.4 Å². The fourth-order valence-corrected chi connectivity index (χ4v) is 2.39. The van der Waals surface area contributed by atoms with E-state index in [2.05, 4.69) is 10.6 Å². The molecule has 2 amide bonds. The molecule has 0 saturated carbocycles. The Hall–Kier alpha value is -2.24. The van der Waals surface area contributed by atoms with Crippen molar-refractivity contribution < 1.29 is 14.3 Å². The van der Waals surface area contributed by atoms with Crippen molar-refractivity contribution in [2.75, 3.05) is 17.7 Å². The number of amides is 2. The molecular weight excluding hydrogens is 363 g/mol. The highest BCUT2D eigenvalue weighted by Crippen LogP contribution is 2.29. The molecule has 0 spiro atoms. The Kier molecular flexibility index (Phi) is 6.28. The van der Waals surface area contributed by atoms with Gasteiger partial charge in [0.15, 0.2) is 0 Å². The maximum atomic E-state index is 12.4. The molecule has 0 saturated heterocycles. The summed E-state index contributed by atoms with van der Waals surface area (Å²) in [5.41, 5.74) is 1.30. The molecule has 0 heterocycles. The monoisotopic (exact) mass is 380 g/mol. The number of hydrogen-bond donors (Lipinski definition) is 2. The second-order valence-corrected chi connectivity index (χ2v) is 6.48. The smallest absolute Gasteiger partial charge is 0.257 e. The molecule has 0 radical (unpaired) electrons. The number of rotatable bonds is 5. The number of carbonyl (C=O) groups is 2. The summed E-state index contributed by atoms with van der Waals surface area (Å²) in [5.74, 6) is -0.243. The average molecular weight is 381 g/mol. The van der Waals surface area contributed by atoms with Gasteiger partial charge in [-0.1, -0.05) is 37.0 Å². The molecule has 0 bridgehead atoms. The van der Waals surface area contributed by atoms with E-state index >= 15 is 0 Å². The van der Waals surface area contributed by atoms with Gasteiger partial charge in [0.1, 0.15) is 5.75 Å². The summed E-state index contributed by atoms with van der Waals surface area (Å²) in [6.45, 7) is 3.59. The Bertz CT molecular complexity index is 807.